The Kier molecular flexibility index (Phi) is 6.90. The van der Waals surface area contributed by atoms with Gasteiger partial charge >= 0.3 is 0 Å². The van der Waals surface area contributed by atoms with Gasteiger partial charge in [-0.1, -0.05) is 133 Å². The Morgan fingerprint density at radius 2 is 0.900 bits per heavy atom. The third kappa shape index (κ3) is 4.92. The lowest BCUT2D eigenvalue weighted by atomic mass is 9.97. The molecule has 0 unspecified atom stereocenters. The minimum Gasteiger partial charge on any atom is -0.235 e. The molecule has 234 valence electrons. The zero-order chi connectivity index (χ0) is 33.0. The molecule has 10 aromatic rings. The van der Waals surface area contributed by atoms with E-state index in [-0.39, 0.29) is 0 Å². The molecule has 10 rings (SSSR count). The van der Waals surface area contributed by atoms with Crippen LogP contribution in [0.25, 0.3) is 96.2 Å². The first-order chi connectivity index (χ1) is 24.8. The largest absolute Gasteiger partial charge is 0.235 e. The Morgan fingerprint density at radius 3 is 1.72 bits per heavy atom. The summed E-state index contributed by atoms with van der Waals surface area (Å²) in [4.78, 5) is 9.67. The number of nitrogens with zero attached hydrogens (tertiary/aromatic N) is 2. The molecule has 0 aliphatic carbocycles. The summed E-state index contributed by atoms with van der Waals surface area (Å²) >= 11 is 3.64. The van der Waals surface area contributed by atoms with Gasteiger partial charge in [-0.3, -0.25) is 0 Å². The van der Waals surface area contributed by atoms with Crippen LogP contribution in [-0.2, 0) is 0 Å². The molecule has 3 aromatic heterocycles. The van der Waals surface area contributed by atoms with Gasteiger partial charge in [-0.15, -0.1) is 22.7 Å². The summed E-state index contributed by atoms with van der Waals surface area (Å²) in [5.41, 5.74) is 12.8. The monoisotopic (exact) mass is 672 g/mol. The average molecular weight is 673 g/mol. The zero-order valence-corrected chi connectivity index (χ0v) is 28.5. The third-order valence-corrected chi connectivity index (χ3v) is 12.0. The van der Waals surface area contributed by atoms with Crippen LogP contribution in [0.3, 0.4) is 0 Å². The first-order valence-corrected chi connectivity index (χ1v) is 18.3. The van der Waals surface area contributed by atoms with Crippen molar-refractivity contribution in [3.05, 3.63) is 170 Å². The molecule has 0 aliphatic rings. The summed E-state index contributed by atoms with van der Waals surface area (Å²) in [5.74, 6) is 0. The SMILES string of the molecule is c1ccc(-c2cccc(-c3ccc(-c4ccc5sc6c(-c7cccc(-c8cccc9c8sc8ccccc89)c7)ncnc6c5c4)cc3)c2)cc1. The fourth-order valence-electron chi connectivity index (χ4n) is 7.13. The molecule has 0 radical (unpaired) electrons. The van der Waals surface area contributed by atoms with Crippen LogP contribution in [0.2, 0.25) is 0 Å². The van der Waals surface area contributed by atoms with E-state index in [2.05, 4.69) is 164 Å². The lowest BCUT2D eigenvalue weighted by molar-refractivity contribution is 1.24. The number of thiophene rings is 2. The Labute approximate surface area is 297 Å². The predicted molar refractivity (Wildman–Crippen MR) is 215 cm³/mol. The maximum Gasteiger partial charge on any atom is 0.116 e. The van der Waals surface area contributed by atoms with Crippen LogP contribution < -0.4 is 0 Å². The lowest BCUT2D eigenvalue weighted by Crippen LogP contribution is -1.87. The molecule has 4 heteroatoms. The van der Waals surface area contributed by atoms with E-state index < -0.39 is 0 Å². The fraction of sp³-hybridized carbons (Fsp3) is 0. The fourth-order valence-corrected chi connectivity index (χ4v) is 9.52. The highest BCUT2D eigenvalue weighted by Crippen LogP contribution is 2.43. The molecule has 0 aliphatic heterocycles. The van der Waals surface area contributed by atoms with Gasteiger partial charge in [0.05, 0.1) is 15.9 Å². The molecular weight excluding hydrogens is 645 g/mol. The summed E-state index contributed by atoms with van der Waals surface area (Å²) < 4.78 is 4.97. The van der Waals surface area contributed by atoms with E-state index in [0.717, 1.165) is 26.9 Å². The standard InChI is InChI=1S/C46H28N2S2/c1-2-9-29(10-3-1)32-11-6-12-33(25-32)30-19-21-31(22-20-30)34-23-24-42-40(27-34)44-46(50-42)43(47-28-48-44)36-14-7-13-35(26-36)37-16-8-17-39-38-15-4-5-18-41(38)49-45(37)39/h1-28H. The van der Waals surface area contributed by atoms with Gasteiger partial charge in [0, 0.05) is 35.8 Å². The van der Waals surface area contributed by atoms with Crippen molar-refractivity contribution in [2.75, 3.05) is 0 Å². The van der Waals surface area contributed by atoms with Gasteiger partial charge in [0.1, 0.15) is 6.33 Å². The molecule has 0 amide bonds. The Bertz CT molecular complexity index is 2860. The van der Waals surface area contributed by atoms with Gasteiger partial charge in [0.15, 0.2) is 0 Å². The second-order valence-corrected chi connectivity index (χ2v) is 14.7. The maximum atomic E-state index is 4.85. The first kappa shape index (κ1) is 29.0. The lowest BCUT2D eigenvalue weighted by Gasteiger charge is -2.08. The second-order valence-electron chi connectivity index (χ2n) is 12.6. The van der Waals surface area contributed by atoms with Crippen molar-refractivity contribution in [1.82, 2.24) is 9.97 Å². The molecule has 0 saturated carbocycles. The highest BCUT2D eigenvalue weighted by Gasteiger charge is 2.16. The molecule has 0 fully saturated rings. The zero-order valence-electron chi connectivity index (χ0n) is 26.9. The van der Waals surface area contributed by atoms with Crippen molar-refractivity contribution >= 4 is 63.1 Å². The summed E-state index contributed by atoms with van der Waals surface area (Å²) in [6.45, 7) is 0. The molecule has 3 heterocycles. The van der Waals surface area contributed by atoms with Gasteiger partial charge in [0.25, 0.3) is 0 Å². The van der Waals surface area contributed by atoms with E-state index in [1.165, 1.54) is 69.4 Å². The minimum absolute atomic E-state index is 0.977. The Morgan fingerprint density at radius 1 is 0.340 bits per heavy atom. The number of fused-ring (bicyclic) bond motifs is 6. The maximum absolute atomic E-state index is 4.85. The molecular formula is C46H28N2S2. The number of rotatable bonds is 5. The highest BCUT2D eigenvalue weighted by atomic mass is 32.1. The van der Waals surface area contributed by atoms with E-state index in [1.807, 2.05) is 11.3 Å². The van der Waals surface area contributed by atoms with Crippen LogP contribution in [-0.4, -0.2) is 9.97 Å². The minimum atomic E-state index is 0.977. The van der Waals surface area contributed by atoms with Crippen LogP contribution in [0.5, 0.6) is 0 Å². The summed E-state index contributed by atoms with van der Waals surface area (Å²) in [6, 6.07) is 59.1. The molecule has 7 aromatic carbocycles. The van der Waals surface area contributed by atoms with Crippen LogP contribution in [0.15, 0.2) is 170 Å². The Hall–Kier alpha value is -5.94. The van der Waals surface area contributed by atoms with Gasteiger partial charge in [0.2, 0.25) is 0 Å². The molecule has 0 N–H and O–H groups in total. The predicted octanol–water partition coefficient (Wildman–Crippen LogP) is 13.5. The molecule has 0 spiro atoms. The average Bonchev–Trinajstić information content (AvgIpc) is 3.77. The van der Waals surface area contributed by atoms with Gasteiger partial charge < -0.3 is 0 Å². The van der Waals surface area contributed by atoms with E-state index in [9.17, 15) is 0 Å². The Balaban J connectivity index is 1.00. The van der Waals surface area contributed by atoms with Crippen molar-refractivity contribution in [2.45, 2.75) is 0 Å². The van der Waals surface area contributed by atoms with Crippen LogP contribution in [0.1, 0.15) is 0 Å². The van der Waals surface area contributed by atoms with Gasteiger partial charge in [-0.2, -0.15) is 0 Å². The highest BCUT2D eigenvalue weighted by molar-refractivity contribution is 7.26. The molecule has 50 heavy (non-hydrogen) atoms. The quantitative estimate of drug-likeness (QED) is 0.182. The summed E-state index contributed by atoms with van der Waals surface area (Å²) in [5, 5.41) is 3.79. The summed E-state index contributed by atoms with van der Waals surface area (Å²) in [7, 11) is 0. The van der Waals surface area contributed by atoms with Crippen molar-refractivity contribution in [2.24, 2.45) is 0 Å². The number of benzene rings is 7. The van der Waals surface area contributed by atoms with E-state index in [1.54, 1.807) is 17.7 Å². The first-order valence-electron chi connectivity index (χ1n) is 16.7. The number of hydrogen-bond acceptors (Lipinski definition) is 4. The van der Waals surface area contributed by atoms with Crippen LogP contribution in [0, 0.1) is 0 Å². The topological polar surface area (TPSA) is 25.8 Å². The van der Waals surface area contributed by atoms with Crippen molar-refractivity contribution in [1.29, 1.82) is 0 Å². The molecule has 0 atom stereocenters. The van der Waals surface area contributed by atoms with Crippen molar-refractivity contribution < 1.29 is 0 Å². The number of hydrogen-bond donors (Lipinski definition) is 0. The van der Waals surface area contributed by atoms with Crippen LogP contribution in [0.4, 0.5) is 0 Å². The second kappa shape index (κ2) is 11.9. The normalized spacial score (nSPS) is 11.6. The van der Waals surface area contributed by atoms with E-state index >= 15 is 0 Å². The molecule has 2 nitrogen and oxygen atoms in total. The van der Waals surface area contributed by atoms with E-state index in [0.29, 0.717) is 0 Å². The molecule has 0 saturated heterocycles. The van der Waals surface area contributed by atoms with Gasteiger partial charge in [-0.05, 0) is 74.8 Å². The van der Waals surface area contributed by atoms with Crippen LogP contribution >= 0.6 is 22.7 Å². The van der Waals surface area contributed by atoms with Crippen molar-refractivity contribution in [3.8, 4) is 55.8 Å². The summed E-state index contributed by atoms with van der Waals surface area (Å²) in [6.07, 6.45) is 1.72. The molecule has 0 bridgehead atoms. The number of aromatic nitrogens is 2. The third-order valence-electron chi connectivity index (χ3n) is 9.62. The van der Waals surface area contributed by atoms with Crippen molar-refractivity contribution in [3.63, 3.8) is 0 Å². The van der Waals surface area contributed by atoms with Gasteiger partial charge in [-0.25, -0.2) is 9.97 Å². The smallest absolute Gasteiger partial charge is 0.116 e. The van der Waals surface area contributed by atoms with E-state index in [4.69, 9.17) is 9.97 Å².